The van der Waals surface area contributed by atoms with Crippen LogP contribution in [-0.4, -0.2) is 23.0 Å². The van der Waals surface area contributed by atoms with Crippen LogP contribution in [0.15, 0.2) is 64.5 Å². The number of rotatable bonds is 8. The van der Waals surface area contributed by atoms with Gasteiger partial charge in [-0.25, -0.2) is 4.98 Å². The standard InChI is InChI=1S/C23H25N3O3S/c1-15-20(13-21(27)24-14-17-9-11-19(29-3)12-10-17)22(28)26-23(25-15)30-16(2)18-7-5-4-6-8-18/h4-12,16H,13-14H2,1-3H3,(H,24,27)(H,25,26,28). The third-order valence-corrected chi connectivity index (χ3v) is 5.79. The van der Waals surface area contributed by atoms with Gasteiger partial charge in [0.2, 0.25) is 5.91 Å². The van der Waals surface area contributed by atoms with E-state index in [0.717, 1.165) is 16.9 Å². The summed E-state index contributed by atoms with van der Waals surface area (Å²) >= 11 is 1.49. The smallest absolute Gasteiger partial charge is 0.255 e. The van der Waals surface area contributed by atoms with Gasteiger partial charge in [0.25, 0.3) is 5.56 Å². The third kappa shape index (κ3) is 5.73. The Bertz CT molecular complexity index is 1050. The number of H-pyrrole nitrogens is 1. The van der Waals surface area contributed by atoms with Crippen molar-refractivity contribution in [3.63, 3.8) is 0 Å². The highest BCUT2D eigenvalue weighted by atomic mass is 32.2. The zero-order valence-corrected chi connectivity index (χ0v) is 18.1. The van der Waals surface area contributed by atoms with Gasteiger partial charge in [0, 0.05) is 23.1 Å². The summed E-state index contributed by atoms with van der Waals surface area (Å²) in [5.74, 6) is 0.539. The van der Waals surface area contributed by atoms with Crippen molar-refractivity contribution in [3.05, 3.63) is 87.3 Å². The topological polar surface area (TPSA) is 84.1 Å². The maximum atomic E-state index is 12.6. The highest BCUT2D eigenvalue weighted by Crippen LogP contribution is 2.32. The molecule has 0 aliphatic carbocycles. The number of carbonyl (C=O) groups excluding carboxylic acids is 1. The summed E-state index contributed by atoms with van der Waals surface area (Å²) in [4.78, 5) is 32.2. The van der Waals surface area contributed by atoms with E-state index < -0.39 is 0 Å². The Labute approximate surface area is 180 Å². The molecule has 1 aromatic heterocycles. The average Bonchev–Trinajstić information content (AvgIpc) is 2.76. The van der Waals surface area contributed by atoms with Crippen LogP contribution in [0, 0.1) is 6.92 Å². The first-order chi connectivity index (χ1) is 14.5. The molecule has 1 unspecified atom stereocenters. The molecule has 1 heterocycles. The SMILES string of the molecule is COc1ccc(CNC(=O)Cc2c(C)nc(SC(C)c3ccccc3)[nH]c2=O)cc1. The Morgan fingerprint density at radius 1 is 1.17 bits per heavy atom. The summed E-state index contributed by atoms with van der Waals surface area (Å²) in [5, 5.41) is 3.54. The first-order valence-electron chi connectivity index (χ1n) is 9.67. The molecule has 0 bridgehead atoms. The number of carbonyl (C=O) groups is 1. The van der Waals surface area contributed by atoms with Crippen molar-refractivity contribution in [1.82, 2.24) is 15.3 Å². The van der Waals surface area contributed by atoms with E-state index in [-0.39, 0.29) is 23.1 Å². The molecular weight excluding hydrogens is 398 g/mol. The van der Waals surface area contributed by atoms with Crippen molar-refractivity contribution < 1.29 is 9.53 Å². The number of aryl methyl sites for hydroxylation is 1. The molecule has 156 valence electrons. The highest BCUT2D eigenvalue weighted by Gasteiger charge is 2.15. The number of amides is 1. The van der Waals surface area contributed by atoms with E-state index in [0.29, 0.717) is 23.0 Å². The largest absolute Gasteiger partial charge is 0.497 e. The van der Waals surface area contributed by atoms with E-state index in [2.05, 4.69) is 22.2 Å². The van der Waals surface area contributed by atoms with Gasteiger partial charge < -0.3 is 15.0 Å². The minimum absolute atomic E-state index is 0.0104. The Balaban J connectivity index is 1.61. The molecule has 30 heavy (non-hydrogen) atoms. The molecule has 1 amide bonds. The number of hydrogen-bond acceptors (Lipinski definition) is 5. The van der Waals surface area contributed by atoms with Gasteiger partial charge in [0.15, 0.2) is 5.16 Å². The number of benzene rings is 2. The van der Waals surface area contributed by atoms with Crippen LogP contribution in [0.5, 0.6) is 5.75 Å². The lowest BCUT2D eigenvalue weighted by molar-refractivity contribution is -0.120. The molecule has 2 N–H and O–H groups in total. The maximum absolute atomic E-state index is 12.6. The molecule has 3 rings (SSSR count). The van der Waals surface area contributed by atoms with E-state index in [4.69, 9.17) is 4.74 Å². The van der Waals surface area contributed by atoms with Crippen LogP contribution in [0.2, 0.25) is 0 Å². The van der Waals surface area contributed by atoms with Crippen molar-refractivity contribution in [2.24, 2.45) is 0 Å². The molecule has 3 aromatic rings. The Morgan fingerprint density at radius 3 is 2.50 bits per heavy atom. The average molecular weight is 424 g/mol. The second kappa shape index (κ2) is 10.1. The molecule has 7 heteroatoms. The minimum Gasteiger partial charge on any atom is -0.497 e. The summed E-state index contributed by atoms with van der Waals surface area (Å²) in [6, 6.07) is 17.5. The van der Waals surface area contributed by atoms with Crippen LogP contribution in [0.1, 0.15) is 34.6 Å². The third-order valence-electron chi connectivity index (χ3n) is 4.74. The van der Waals surface area contributed by atoms with Crippen LogP contribution >= 0.6 is 11.8 Å². The Kier molecular flexibility index (Phi) is 7.30. The van der Waals surface area contributed by atoms with Gasteiger partial charge in [-0.05, 0) is 37.1 Å². The molecule has 0 radical (unpaired) electrons. The number of aromatic amines is 1. The monoisotopic (exact) mass is 423 g/mol. The highest BCUT2D eigenvalue weighted by molar-refractivity contribution is 7.99. The lowest BCUT2D eigenvalue weighted by Gasteiger charge is -2.12. The van der Waals surface area contributed by atoms with Crippen molar-refractivity contribution in [3.8, 4) is 5.75 Å². The second-order valence-electron chi connectivity index (χ2n) is 6.91. The summed E-state index contributed by atoms with van der Waals surface area (Å²) < 4.78 is 5.12. The lowest BCUT2D eigenvalue weighted by Crippen LogP contribution is -2.28. The van der Waals surface area contributed by atoms with Crippen LogP contribution < -0.4 is 15.6 Å². The van der Waals surface area contributed by atoms with Crippen LogP contribution in [0.25, 0.3) is 0 Å². The predicted molar refractivity (Wildman–Crippen MR) is 119 cm³/mol. The van der Waals surface area contributed by atoms with Gasteiger partial charge in [0.05, 0.1) is 13.5 Å². The summed E-state index contributed by atoms with van der Waals surface area (Å²) in [5.41, 5.74) is 2.80. The molecule has 0 fully saturated rings. The van der Waals surface area contributed by atoms with E-state index in [1.54, 1.807) is 14.0 Å². The van der Waals surface area contributed by atoms with Crippen molar-refractivity contribution in [1.29, 1.82) is 0 Å². The fourth-order valence-electron chi connectivity index (χ4n) is 2.98. The zero-order valence-electron chi connectivity index (χ0n) is 17.3. The second-order valence-corrected chi connectivity index (χ2v) is 8.24. The van der Waals surface area contributed by atoms with E-state index >= 15 is 0 Å². The summed E-state index contributed by atoms with van der Waals surface area (Å²) in [6.07, 6.45) is -0.0104. The van der Waals surface area contributed by atoms with Gasteiger partial charge in [-0.1, -0.05) is 54.2 Å². The number of thioether (sulfide) groups is 1. The Morgan fingerprint density at radius 2 is 1.87 bits per heavy atom. The molecule has 2 aromatic carbocycles. The Hall–Kier alpha value is -3.06. The van der Waals surface area contributed by atoms with Gasteiger partial charge in [-0.3, -0.25) is 9.59 Å². The molecule has 6 nitrogen and oxygen atoms in total. The van der Waals surface area contributed by atoms with Crippen LogP contribution in [0.4, 0.5) is 0 Å². The fraction of sp³-hybridized carbons (Fsp3) is 0.261. The number of nitrogens with one attached hydrogen (secondary N) is 2. The van der Waals surface area contributed by atoms with E-state index in [9.17, 15) is 9.59 Å². The first kappa shape index (κ1) is 21.6. The molecule has 0 aliphatic heterocycles. The number of aromatic nitrogens is 2. The van der Waals surface area contributed by atoms with E-state index in [1.165, 1.54) is 11.8 Å². The van der Waals surface area contributed by atoms with Gasteiger partial charge in [0.1, 0.15) is 5.75 Å². The van der Waals surface area contributed by atoms with Crippen molar-refractivity contribution >= 4 is 17.7 Å². The summed E-state index contributed by atoms with van der Waals surface area (Å²) in [7, 11) is 1.61. The normalized spacial score (nSPS) is 11.7. The molecule has 0 saturated heterocycles. The number of hydrogen-bond donors (Lipinski definition) is 2. The maximum Gasteiger partial charge on any atom is 0.255 e. The minimum atomic E-state index is -0.273. The van der Waals surface area contributed by atoms with Crippen molar-refractivity contribution in [2.75, 3.05) is 7.11 Å². The van der Waals surface area contributed by atoms with Gasteiger partial charge >= 0.3 is 0 Å². The van der Waals surface area contributed by atoms with E-state index in [1.807, 2.05) is 54.6 Å². The molecule has 0 aliphatic rings. The molecule has 0 saturated carbocycles. The van der Waals surface area contributed by atoms with Crippen LogP contribution in [-0.2, 0) is 17.8 Å². The van der Waals surface area contributed by atoms with Gasteiger partial charge in [-0.15, -0.1) is 0 Å². The fourth-order valence-corrected chi connectivity index (χ4v) is 3.94. The molecule has 1 atom stereocenters. The lowest BCUT2D eigenvalue weighted by atomic mass is 10.1. The number of nitrogens with zero attached hydrogens (tertiary/aromatic N) is 1. The van der Waals surface area contributed by atoms with Crippen molar-refractivity contribution in [2.45, 2.75) is 37.2 Å². The first-order valence-corrected chi connectivity index (χ1v) is 10.5. The molecular formula is C23H25N3O3S. The quantitative estimate of drug-likeness (QED) is 0.425. The summed E-state index contributed by atoms with van der Waals surface area (Å²) in [6.45, 7) is 4.21. The van der Waals surface area contributed by atoms with Gasteiger partial charge in [-0.2, -0.15) is 0 Å². The molecule has 0 spiro atoms. The van der Waals surface area contributed by atoms with Crippen LogP contribution in [0.3, 0.4) is 0 Å². The number of ether oxygens (including phenoxy) is 1. The zero-order chi connectivity index (χ0) is 21.5. The number of methoxy groups -OCH3 is 1. The predicted octanol–water partition coefficient (Wildman–Crippen LogP) is 3.80.